The van der Waals surface area contributed by atoms with E-state index in [1.807, 2.05) is 12.4 Å². The summed E-state index contributed by atoms with van der Waals surface area (Å²) < 4.78 is 0. The molecule has 0 bridgehead atoms. The van der Waals surface area contributed by atoms with Crippen LogP contribution in [0, 0.1) is 0 Å². The SMILES string of the molecule is Cn1nnc(CN2CCC[C@@H](c3ccncc3)C2)n1. The molecule has 0 aromatic carbocycles. The number of likely N-dealkylation sites (tertiary alicyclic amines) is 1. The van der Waals surface area contributed by atoms with Gasteiger partial charge in [-0.3, -0.25) is 9.88 Å². The van der Waals surface area contributed by atoms with E-state index in [4.69, 9.17) is 0 Å². The molecule has 0 saturated carbocycles. The Morgan fingerprint density at radius 3 is 2.89 bits per heavy atom. The minimum Gasteiger partial charge on any atom is -0.295 e. The molecular weight excluding hydrogens is 240 g/mol. The van der Waals surface area contributed by atoms with Crippen LogP contribution in [0.1, 0.15) is 30.1 Å². The molecule has 0 aliphatic carbocycles. The normalized spacial score (nSPS) is 20.6. The molecule has 3 rings (SSSR count). The number of tetrazole rings is 1. The summed E-state index contributed by atoms with van der Waals surface area (Å²) in [6, 6.07) is 4.24. The van der Waals surface area contributed by atoms with Crippen LogP contribution in [-0.2, 0) is 13.6 Å². The zero-order chi connectivity index (χ0) is 13.1. The van der Waals surface area contributed by atoms with Crippen molar-refractivity contribution in [2.24, 2.45) is 7.05 Å². The Morgan fingerprint density at radius 2 is 2.16 bits per heavy atom. The summed E-state index contributed by atoms with van der Waals surface area (Å²) in [5.74, 6) is 1.39. The summed E-state index contributed by atoms with van der Waals surface area (Å²) in [7, 11) is 1.80. The topological polar surface area (TPSA) is 59.7 Å². The van der Waals surface area contributed by atoms with Crippen LogP contribution in [0.3, 0.4) is 0 Å². The van der Waals surface area contributed by atoms with Crippen LogP contribution in [0.2, 0.25) is 0 Å². The van der Waals surface area contributed by atoms with Gasteiger partial charge < -0.3 is 0 Å². The standard InChI is InChI=1S/C13H18N6/c1-18-16-13(15-17-18)10-19-8-2-3-12(9-19)11-4-6-14-7-5-11/h4-7,12H,2-3,8-10H2,1H3/t12-/m1/s1. The number of pyridine rings is 1. The Bertz CT molecular complexity index is 523. The summed E-state index contributed by atoms with van der Waals surface area (Å²) in [5.41, 5.74) is 1.38. The molecule has 1 fully saturated rings. The van der Waals surface area contributed by atoms with E-state index in [1.54, 1.807) is 7.05 Å². The summed E-state index contributed by atoms with van der Waals surface area (Å²) in [6.45, 7) is 2.96. The molecule has 2 aromatic rings. The first-order valence-corrected chi connectivity index (χ1v) is 6.66. The van der Waals surface area contributed by atoms with Gasteiger partial charge in [0.25, 0.3) is 0 Å². The van der Waals surface area contributed by atoms with Crippen LogP contribution in [0.5, 0.6) is 0 Å². The smallest absolute Gasteiger partial charge is 0.188 e. The lowest BCUT2D eigenvalue weighted by molar-refractivity contribution is 0.195. The number of hydrogen-bond donors (Lipinski definition) is 0. The third-order valence-electron chi connectivity index (χ3n) is 3.60. The van der Waals surface area contributed by atoms with Gasteiger partial charge in [-0.05, 0) is 48.2 Å². The molecule has 3 heterocycles. The van der Waals surface area contributed by atoms with Gasteiger partial charge >= 0.3 is 0 Å². The third kappa shape index (κ3) is 2.96. The Kier molecular flexibility index (Phi) is 3.50. The van der Waals surface area contributed by atoms with Gasteiger partial charge in [0.2, 0.25) is 0 Å². The maximum Gasteiger partial charge on any atom is 0.188 e. The van der Waals surface area contributed by atoms with Gasteiger partial charge in [-0.2, -0.15) is 4.80 Å². The van der Waals surface area contributed by atoms with Crippen molar-refractivity contribution in [3.05, 3.63) is 35.9 Å². The second-order valence-electron chi connectivity index (χ2n) is 5.05. The monoisotopic (exact) mass is 258 g/mol. The third-order valence-corrected chi connectivity index (χ3v) is 3.60. The van der Waals surface area contributed by atoms with Crippen molar-refractivity contribution in [2.75, 3.05) is 13.1 Å². The lowest BCUT2D eigenvalue weighted by Gasteiger charge is -2.32. The zero-order valence-corrected chi connectivity index (χ0v) is 11.1. The number of rotatable bonds is 3. The Morgan fingerprint density at radius 1 is 1.32 bits per heavy atom. The first-order valence-electron chi connectivity index (χ1n) is 6.66. The van der Waals surface area contributed by atoms with Crippen LogP contribution >= 0.6 is 0 Å². The highest BCUT2D eigenvalue weighted by molar-refractivity contribution is 5.16. The quantitative estimate of drug-likeness (QED) is 0.821. The molecule has 0 unspecified atom stereocenters. The van der Waals surface area contributed by atoms with Crippen LogP contribution in [0.25, 0.3) is 0 Å². The zero-order valence-electron chi connectivity index (χ0n) is 11.1. The minimum atomic E-state index is 0.591. The molecule has 100 valence electrons. The summed E-state index contributed by atoms with van der Waals surface area (Å²) >= 11 is 0. The Balaban J connectivity index is 1.65. The van der Waals surface area contributed by atoms with E-state index >= 15 is 0 Å². The Hall–Kier alpha value is -1.82. The molecular formula is C13H18N6. The van der Waals surface area contributed by atoms with Crippen molar-refractivity contribution >= 4 is 0 Å². The largest absolute Gasteiger partial charge is 0.295 e. The fraction of sp³-hybridized carbons (Fsp3) is 0.538. The molecule has 1 aliphatic heterocycles. The number of aryl methyl sites for hydroxylation is 1. The molecule has 1 saturated heterocycles. The molecule has 0 spiro atoms. The lowest BCUT2D eigenvalue weighted by Crippen LogP contribution is -2.34. The minimum absolute atomic E-state index is 0.591. The van der Waals surface area contributed by atoms with Crippen LogP contribution in [-0.4, -0.2) is 43.2 Å². The first-order chi connectivity index (χ1) is 9.31. The number of piperidine rings is 1. The average Bonchev–Trinajstić information content (AvgIpc) is 2.85. The Labute approximate surface area is 112 Å². The van der Waals surface area contributed by atoms with Gasteiger partial charge in [-0.1, -0.05) is 0 Å². The molecule has 6 heteroatoms. The average molecular weight is 258 g/mol. The highest BCUT2D eigenvalue weighted by Gasteiger charge is 2.22. The van der Waals surface area contributed by atoms with Crippen LogP contribution in [0.4, 0.5) is 0 Å². The van der Waals surface area contributed by atoms with Gasteiger partial charge in [0.1, 0.15) is 0 Å². The van der Waals surface area contributed by atoms with Crippen molar-refractivity contribution in [3.63, 3.8) is 0 Å². The molecule has 1 atom stereocenters. The van der Waals surface area contributed by atoms with Crippen molar-refractivity contribution in [1.29, 1.82) is 0 Å². The maximum absolute atomic E-state index is 4.25. The molecule has 0 radical (unpaired) electrons. The van der Waals surface area contributed by atoms with E-state index in [0.29, 0.717) is 5.92 Å². The van der Waals surface area contributed by atoms with Gasteiger partial charge in [-0.25, -0.2) is 0 Å². The van der Waals surface area contributed by atoms with Gasteiger partial charge in [-0.15, -0.1) is 10.2 Å². The molecule has 2 aromatic heterocycles. The summed E-state index contributed by atoms with van der Waals surface area (Å²) in [6.07, 6.45) is 6.21. The number of hydrogen-bond acceptors (Lipinski definition) is 5. The van der Waals surface area contributed by atoms with E-state index in [-0.39, 0.29) is 0 Å². The highest BCUT2D eigenvalue weighted by atomic mass is 15.6. The summed E-state index contributed by atoms with van der Waals surface area (Å²) in [4.78, 5) is 8.01. The second-order valence-corrected chi connectivity index (χ2v) is 5.05. The predicted molar refractivity (Wildman–Crippen MR) is 70.3 cm³/mol. The van der Waals surface area contributed by atoms with E-state index < -0.39 is 0 Å². The molecule has 1 aliphatic rings. The van der Waals surface area contributed by atoms with E-state index in [2.05, 4.69) is 37.4 Å². The van der Waals surface area contributed by atoms with Gasteiger partial charge in [0.15, 0.2) is 5.82 Å². The maximum atomic E-state index is 4.25. The van der Waals surface area contributed by atoms with E-state index in [9.17, 15) is 0 Å². The lowest BCUT2D eigenvalue weighted by atomic mass is 9.91. The summed E-state index contributed by atoms with van der Waals surface area (Å²) in [5, 5.41) is 12.2. The molecule has 6 nitrogen and oxygen atoms in total. The van der Waals surface area contributed by atoms with Crippen LogP contribution in [0.15, 0.2) is 24.5 Å². The number of nitrogens with zero attached hydrogens (tertiary/aromatic N) is 6. The fourth-order valence-corrected chi connectivity index (χ4v) is 2.69. The van der Waals surface area contributed by atoms with Crippen molar-refractivity contribution in [3.8, 4) is 0 Å². The molecule has 19 heavy (non-hydrogen) atoms. The van der Waals surface area contributed by atoms with Crippen molar-refractivity contribution < 1.29 is 0 Å². The fourth-order valence-electron chi connectivity index (χ4n) is 2.69. The van der Waals surface area contributed by atoms with Crippen LogP contribution < -0.4 is 0 Å². The van der Waals surface area contributed by atoms with E-state index in [1.165, 1.54) is 23.2 Å². The molecule has 0 N–H and O–H groups in total. The second kappa shape index (κ2) is 5.44. The highest BCUT2D eigenvalue weighted by Crippen LogP contribution is 2.26. The van der Waals surface area contributed by atoms with Crippen molar-refractivity contribution in [1.82, 2.24) is 30.1 Å². The predicted octanol–water partition coefficient (Wildman–Crippen LogP) is 0.985. The van der Waals surface area contributed by atoms with Gasteiger partial charge in [0.05, 0.1) is 13.6 Å². The number of aromatic nitrogens is 5. The van der Waals surface area contributed by atoms with Crippen molar-refractivity contribution in [2.45, 2.75) is 25.3 Å². The van der Waals surface area contributed by atoms with E-state index in [0.717, 1.165) is 25.5 Å². The van der Waals surface area contributed by atoms with Gasteiger partial charge in [0, 0.05) is 18.9 Å². The first kappa shape index (κ1) is 12.2. The molecule has 0 amide bonds.